The summed E-state index contributed by atoms with van der Waals surface area (Å²) in [4.78, 5) is 21.1. The molecule has 0 radical (unpaired) electrons. The molecule has 0 aliphatic carbocycles. The Morgan fingerprint density at radius 2 is 1.67 bits per heavy atom. The molecule has 0 bridgehead atoms. The van der Waals surface area contributed by atoms with Crippen LogP contribution in [-0.4, -0.2) is 27.6 Å². The van der Waals surface area contributed by atoms with Crippen molar-refractivity contribution in [3.63, 3.8) is 0 Å². The molecule has 0 heterocycles. The Bertz CT molecular complexity index is 195. The predicted molar refractivity (Wildman–Crippen MR) is 46.4 cm³/mol. The van der Waals surface area contributed by atoms with Gasteiger partial charge < -0.3 is 9.47 Å². The van der Waals surface area contributed by atoms with Gasteiger partial charge in [-0.15, -0.1) is 0 Å². The summed E-state index contributed by atoms with van der Waals surface area (Å²) in [5, 5.41) is 0. The molecule has 0 amide bonds. The van der Waals surface area contributed by atoms with Crippen LogP contribution in [-0.2, 0) is 19.1 Å². The lowest BCUT2D eigenvalue weighted by molar-refractivity contribution is -0.186. The van der Waals surface area contributed by atoms with Crippen molar-refractivity contribution in [2.45, 2.75) is 19.3 Å². The molecule has 12 heavy (non-hydrogen) atoms. The van der Waals surface area contributed by atoms with Crippen molar-refractivity contribution in [1.82, 2.24) is 0 Å². The molecule has 0 spiro atoms. The van der Waals surface area contributed by atoms with E-state index in [4.69, 9.17) is 9.47 Å². The number of rotatable bonds is 3. The van der Waals surface area contributed by atoms with Crippen molar-refractivity contribution < 1.29 is 19.1 Å². The zero-order chi connectivity index (χ0) is 9.78. The van der Waals surface area contributed by atoms with Crippen molar-refractivity contribution in [2.24, 2.45) is 0 Å². The molecule has 4 nitrogen and oxygen atoms in total. The molecular weight excluding hydrogens is 176 g/mol. The molecule has 68 valence electrons. The summed E-state index contributed by atoms with van der Waals surface area (Å²) in [6.07, 6.45) is 1.31. The van der Waals surface area contributed by atoms with Crippen LogP contribution in [0.2, 0.25) is 0 Å². The summed E-state index contributed by atoms with van der Waals surface area (Å²) >= 11 is 0. The van der Waals surface area contributed by atoms with Crippen molar-refractivity contribution in [3.05, 3.63) is 12.7 Å². The number of hydrogen-bond donors (Lipinski definition) is 0. The Hall–Kier alpha value is -1.10. The van der Waals surface area contributed by atoms with Crippen LogP contribution >= 0.6 is 0 Å². The molecule has 0 aromatic carbocycles. The van der Waals surface area contributed by atoms with Gasteiger partial charge in [-0.3, -0.25) is 9.59 Å². The lowest BCUT2D eigenvalue weighted by Gasteiger charge is -2.24. The van der Waals surface area contributed by atoms with Gasteiger partial charge in [-0.25, -0.2) is 0 Å². The standard InChI is InChI=1S/C7H12O4Si/c1-4-7(12,10-5(2)8)11-6(3)9/h4H,1H2,2-3,12H3. The summed E-state index contributed by atoms with van der Waals surface area (Å²) in [5.74, 6) is -0.989. The molecule has 0 unspecified atom stereocenters. The van der Waals surface area contributed by atoms with Gasteiger partial charge in [-0.2, -0.15) is 0 Å². The Balaban J connectivity index is 4.33. The highest BCUT2D eigenvalue weighted by molar-refractivity contribution is 6.16. The third kappa shape index (κ3) is 3.92. The Morgan fingerprint density at radius 3 is 1.83 bits per heavy atom. The van der Waals surface area contributed by atoms with E-state index in [-0.39, 0.29) is 0 Å². The number of carbonyl (C=O) groups excluding carboxylic acids is 2. The summed E-state index contributed by atoms with van der Waals surface area (Å²) < 4.78 is 9.52. The minimum absolute atomic E-state index is 0.361. The first-order valence-corrected chi connectivity index (χ1v) is 4.42. The SMILES string of the molecule is C=CC([SiH3])(OC(C)=O)OC(C)=O. The zero-order valence-electron chi connectivity index (χ0n) is 7.42. The van der Waals surface area contributed by atoms with E-state index in [1.807, 2.05) is 0 Å². The van der Waals surface area contributed by atoms with Gasteiger partial charge in [0.05, 0.1) is 0 Å². The summed E-state index contributed by atoms with van der Waals surface area (Å²) in [7, 11) is 0.361. The second-order valence-corrected chi connectivity index (χ2v) is 3.80. The topological polar surface area (TPSA) is 52.6 Å². The minimum atomic E-state index is -1.21. The zero-order valence-corrected chi connectivity index (χ0v) is 9.42. The molecule has 0 rings (SSSR count). The van der Waals surface area contributed by atoms with Crippen LogP contribution in [0.5, 0.6) is 0 Å². The number of ether oxygens (including phenoxy) is 2. The van der Waals surface area contributed by atoms with Gasteiger partial charge in [0, 0.05) is 13.8 Å². The van der Waals surface area contributed by atoms with Gasteiger partial charge in [0.15, 0.2) is 0 Å². The fraction of sp³-hybridized carbons (Fsp3) is 0.429. The molecule has 0 fully saturated rings. The molecule has 0 N–H and O–H groups in total. The second-order valence-electron chi connectivity index (χ2n) is 2.41. The predicted octanol–water partition coefficient (Wildman–Crippen LogP) is -0.682. The number of hydrogen-bond acceptors (Lipinski definition) is 4. The Morgan fingerprint density at radius 1 is 1.33 bits per heavy atom. The normalized spacial score (nSPS) is 10.5. The third-order valence-electron chi connectivity index (χ3n) is 1.06. The van der Waals surface area contributed by atoms with Gasteiger partial charge in [-0.1, -0.05) is 6.58 Å². The number of carbonyl (C=O) groups is 2. The van der Waals surface area contributed by atoms with E-state index in [9.17, 15) is 9.59 Å². The molecule has 0 aromatic rings. The van der Waals surface area contributed by atoms with E-state index in [0.29, 0.717) is 10.2 Å². The van der Waals surface area contributed by atoms with Gasteiger partial charge in [0.2, 0.25) is 5.41 Å². The molecule has 0 saturated carbocycles. The molecule has 0 aromatic heterocycles. The van der Waals surface area contributed by atoms with Gasteiger partial charge in [-0.05, 0) is 6.08 Å². The van der Waals surface area contributed by atoms with Crippen LogP contribution in [0, 0.1) is 0 Å². The van der Waals surface area contributed by atoms with Crippen LogP contribution in [0.1, 0.15) is 13.8 Å². The largest absolute Gasteiger partial charge is 0.425 e. The van der Waals surface area contributed by atoms with Gasteiger partial charge in [0.25, 0.3) is 0 Å². The van der Waals surface area contributed by atoms with Crippen LogP contribution < -0.4 is 0 Å². The molecule has 5 heteroatoms. The highest BCUT2D eigenvalue weighted by Crippen LogP contribution is 2.10. The Kier molecular flexibility index (Phi) is 3.68. The van der Waals surface area contributed by atoms with Crippen molar-refractivity contribution in [3.8, 4) is 0 Å². The molecule has 0 aliphatic heterocycles. The maximum atomic E-state index is 10.6. The lowest BCUT2D eigenvalue weighted by atomic mass is 10.6. The molecule has 0 aliphatic rings. The fourth-order valence-corrected chi connectivity index (χ4v) is 1.25. The first kappa shape index (κ1) is 10.9. The van der Waals surface area contributed by atoms with Crippen LogP contribution in [0.3, 0.4) is 0 Å². The van der Waals surface area contributed by atoms with Crippen LogP contribution in [0.25, 0.3) is 0 Å². The quantitative estimate of drug-likeness (QED) is 0.255. The summed E-state index contributed by atoms with van der Waals surface area (Å²) in [6.45, 7) is 5.92. The van der Waals surface area contributed by atoms with E-state index >= 15 is 0 Å². The van der Waals surface area contributed by atoms with E-state index in [2.05, 4.69) is 6.58 Å². The smallest absolute Gasteiger partial charge is 0.305 e. The van der Waals surface area contributed by atoms with Crippen molar-refractivity contribution in [1.29, 1.82) is 0 Å². The lowest BCUT2D eigenvalue weighted by Crippen LogP contribution is -2.37. The maximum Gasteiger partial charge on any atom is 0.305 e. The average molecular weight is 188 g/mol. The van der Waals surface area contributed by atoms with E-state index in [1.54, 1.807) is 0 Å². The van der Waals surface area contributed by atoms with Crippen molar-refractivity contribution in [2.75, 3.05) is 0 Å². The third-order valence-corrected chi connectivity index (χ3v) is 1.88. The first-order valence-electron chi connectivity index (χ1n) is 3.42. The maximum absolute atomic E-state index is 10.6. The first-order chi connectivity index (χ1) is 5.39. The minimum Gasteiger partial charge on any atom is -0.425 e. The van der Waals surface area contributed by atoms with Crippen LogP contribution in [0.15, 0.2) is 12.7 Å². The Labute approximate surface area is 74.0 Å². The molecule has 0 atom stereocenters. The van der Waals surface area contributed by atoms with E-state index in [0.717, 1.165) is 0 Å². The molecule has 0 saturated heterocycles. The van der Waals surface area contributed by atoms with E-state index < -0.39 is 17.3 Å². The highest BCUT2D eigenvalue weighted by Gasteiger charge is 2.26. The average Bonchev–Trinajstić information content (AvgIpc) is 1.83. The van der Waals surface area contributed by atoms with Crippen LogP contribution in [0.4, 0.5) is 0 Å². The van der Waals surface area contributed by atoms with Gasteiger partial charge >= 0.3 is 11.9 Å². The van der Waals surface area contributed by atoms with E-state index in [1.165, 1.54) is 19.9 Å². The second kappa shape index (κ2) is 4.06. The monoisotopic (exact) mass is 188 g/mol. The number of esters is 2. The van der Waals surface area contributed by atoms with Crippen molar-refractivity contribution >= 4 is 22.2 Å². The highest BCUT2D eigenvalue weighted by atomic mass is 28.1. The molecular formula is C7H12O4Si. The van der Waals surface area contributed by atoms with Gasteiger partial charge in [0.1, 0.15) is 10.2 Å². The fourth-order valence-electron chi connectivity index (χ4n) is 0.675. The summed E-state index contributed by atoms with van der Waals surface area (Å²) in [6, 6.07) is 0. The summed E-state index contributed by atoms with van der Waals surface area (Å²) in [5.41, 5.74) is -1.21.